The van der Waals surface area contributed by atoms with E-state index in [0.717, 1.165) is 16.8 Å². The summed E-state index contributed by atoms with van der Waals surface area (Å²) in [4.78, 5) is 0. The first-order chi connectivity index (χ1) is 8.56. The lowest BCUT2D eigenvalue weighted by Crippen LogP contribution is -2.01. The zero-order chi connectivity index (χ0) is 13.1. The van der Waals surface area contributed by atoms with Crippen molar-refractivity contribution in [3.05, 3.63) is 62.6 Å². The molecule has 2 aromatic carbocycles. The normalized spacial score (nSPS) is 10.4. The first kappa shape index (κ1) is 13.5. The molecule has 0 saturated carbocycles. The SMILES string of the molecule is Cc1ccc(Cl)cc1NCc1cc(Cl)ccc1Cl. The molecule has 0 aromatic heterocycles. The number of halogens is 3. The van der Waals surface area contributed by atoms with E-state index in [-0.39, 0.29) is 0 Å². The smallest absolute Gasteiger partial charge is 0.0456 e. The van der Waals surface area contributed by atoms with Crippen molar-refractivity contribution in [1.82, 2.24) is 0 Å². The fraction of sp³-hybridized carbons (Fsp3) is 0.143. The van der Waals surface area contributed by atoms with Gasteiger partial charge in [0.1, 0.15) is 0 Å². The van der Waals surface area contributed by atoms with Crippen LogP contribution < -0.4 is 5.32 Å². The lowest BCUT2D eigenvalue weighted by molar-refractivity contribution is 1.14. The van der Waals surface area contributed by atoms with Crippen LogP contribution in [-0.2, 0) is 6.54 Å². The van der Waals surface area contributed by atoms with Crippen LogP contribution in [0.4, 0.5) is 5.69 Å². The predicted molar refractivity (Wildman–Crippen MR) is 80.0 cm³/mol. The first-order valence-corrected chi connectivity index (χ1v) is 6.63. The van der Waals surface area contributed by atoms with Crippen LogP contribution in [0.15, 0.2) is 36.4 Å². The molecule has 0 heterocycles. The maximum atomic E-state index is 6.11. The lowest BCUT2D eigenvalue weighted by Gasteiger charge is -2.11. The summed E-state index contributed by atoms with van der Waals surface area (Å²) in [6.07, 6.45) is 0. The summed E-state index contributed by atoms with van der Waals surface area (Å²) in [5, 5.41) is 5.40. The number of benzene rings is 2. The molecule has 0 amide bonds. The standard InChI is InChI=1S/C14H12Cl3N/c1-9-2-3-12(16)7-14(9)18-8-10-6-11(15)4-5-13(10)17/h2-7,18H,8H2,1H3. The average Bonchev–Trinajstić information content (AvgIpc) is 2.34. The lowest BCUT2D eigenvalue weighted by atomic mass is 10.2. The maximum absolute atomic E-state index is 6.11. The Balaban J connectivity index is 2.16. The highest BCUT2D eigenvalue weighted by molar-refractivity contribution is 6.33. The van der Waals surface area contributed by atoms with E-state index in [2.05, 4.69) is 5.32 Å². The maximum Gasteiger partial charge on any atom is 0.0456 e. The minimum Gasteiger partial charge on any atom is -0.381 e. The highest BCUT2D eigenvalue weighted by Crippen LogP contribution is 2.24. The molecule has 0 saturated heterocycles. The first-order valence-electron chi connectivity index (χ1n) is 5.50. The molecule has 0 aliphatic carbocycles. The van der Waals surface area contributed by atoms with Gasteiger partial charge in [-0.1, -0.05) is 40.9 Å². The number of aryl methyl sites for hydroxylation is 1. The highest BCUT2D eigenvalue weighted by atomic mass is 35.5. The minimum atomic E-state index is 0.612. The third kappa shape index (κ3) is 3.32. The van der Waals surface area contributed by atoms with Gasteiger partial charge in [-0.3, -0.25) is 0 Å². The van der Waals surface area contributed by atoms with Gasteiger partial charge in [0.05, 0.1) is 0 Å². The van der Waals surface area contributed by atoms with E-state index in [1.165, 1.54) is 0 Å². The Labute approximate surface area is 122 Å². The predicted octanol–water partition coefficient (Wildman–Crippen LogP) is 5.57. The zero-order valence-corrected chi connectivity index (χ0v) is 12.1. The molecule has 4 heteroatoms. The van der Waals surface area contributed by atoms with Crippen molar-refractivity contribution in [2.24, 2.45) is 0 Å². The van der Waals surface area contributed by atoms with Gasteiger partial charge in [-0.15, -0.1) is 0 Å². The summed E-state index contributed by atoms with van der Waals surface area (Å²) < 4.78 is 0. The van der Waals surface area contributed by atoms with Gasteiger partial charge in [-0.25, -0.2) is 0 Å². The molecule has 0 unspecified atom stereocenters. The second-order valence-electron chi connectivity index (χ2n) is 4.05. The highest BCUT2D eigenvalue weighted by Gasteiger charge is 2.03. The van der Waals surface area contributed by atoms with E-state index >= 15 is 0 Å². The Morgan fingerprint density at radius 1 is 0.944 bits per heavy atom. The van der Waals surface area contributed by atoms with E-state index < -0.39 is 0 Å². The van der Waals surface area contributed by atoms with E-state index in [9.17, 15) is 0 Å². The molecular formula is C14H12Cl3N. The molecule has 2 rings (SSSR count). The summed E-state index contributed by atoms with van der Waals surface area (Å²) in [6, 6.07) is 11.2. The quantitative estimate of drug-likeness (QED) is 0.781. The van der Waals surface area contributed by atoms with Gasteiger partial charge in [0.15, 0.2) is 0 Å². The van der Waals surface area contributed by atoms with Crippen LogP contribution in [-0.4, -0.2) is 0 Å². The van der Waals surface area contributed by atoms with Crippen LogP contribution in [0.2, 0.25) is 15.1 Å². The molecule has 18 heavy (non-hydrogen) atoms. The molecule has 0 bridgehead atoms. The van der Waals surface area contributed by atoms with Crippen molar-refractivity contribution in [1.29, 1.82) is 0 Å². The molecule has 0 aliphatic rings. The Hall–Kier alpha value is -0.890. The van der Waals surface area contributed by atoms with E-state index in [4.69, 9.17) is 34.8 Å². The summed E-state index contributed by atoms with van der Waals surface area (Å²) in [6.45, 7) is 2.64. The van der Waals surface area contributed by atoms with Crippen LogP contribution in [0, 0.1) is 6.92 Å². The molecule has 0 aliphatic heterocycles. The van der Waals surface area contributed by atoms with Crippen molar-refractivity contribution in [2.45, 2.75) is 13.5 Å². The third-order valence-corrected chi connectivity index (χ3v) is 3.52. The average molecular weight is 301 g/mol. The van der Waals surface area contributed by atoms with Gasteiger partial charge in [-0.2, -0.15) is 0 Å². The molecule has 2 aromatic rings. The largest absolute Gasteiger partial charge is 0.381 e. The second kappa shape index (κ2) is 5.83. The fourth-order valence-electron chi connectivity index (χ4n) is 1.65. The van der Waals surface area contributed by atoms with Gasteiger partial charge in [0.2, 0.25) is 0 Å². The summed E-state index contributed by atoms with van der Waals surface area (Å²) >= 11 is 18.0. The molecule has 94 valence electrons. The van der Waals surface area contributed by atoms with Gasteiger partial charge in [-0.05, 0) is 48.4 Å². The third-order valence-electron chi connectivity index (χ3n) is 2.68. The monoisotopic (exact) mass is 299 g/mol. The summed E-state index contributed by atoms with van der Waals surface area (Å²) in [5.41, 5.74) is 3.10. The van der Waals surface area contributed by atoms with Crippen LogP contribution in [0.1, 0.15) is 11.1 Å². The van der Waals surface area contributed by atoms with Crippen LogP contribution in [0.5, 0.6) is 0 Å². The molecule has 0 spiro atoms. The Morgan fingerprint density at radius 2 is 1.61 bits per heavy atom. The minimum absolute atomic E-state index is 0.612. The molecule has 0 atom stereocenters. The molecule has 1 N–H and O–H groups in total. The topological polar surface area (TPSA) is 12.0 Å². The van der Waals surface area contributed by atoms with E-state index in [1.54, 1.807) is 12.1 Å². The molecule has 1 nitrogen and oxygen atoms in total. The van der Waals surface area contributed by atoms with Crippen molar-refractivity contribution in [3.63, 3.8) is 0 Å². The Kier molecular flexibility index (Phi) is 4.39. The Morgan fingerprint density at radius 3 is 2.39 bits per heavy atom. The summed E-state index contributed by atoms with van der Waals surface area (Å²) in [7, 11) is 0. The zero-order valence-electron chi connectivity index (χ0n) is 9.81. The van der Waals surface area contributed by atoms with Gasteiger partial charge in [0, 0.05) is 27.3 Å². The Bertz CT molecular complexity index is 515. The molecule has 0 fully saturated rings. The van der Waals surface area contributed by atoms with Crippen molar-refractivity contribution in [3.8, 4) is 0 Å². The number of hydrogen-bond donors (Lipinski definition) is 1. The number of nitrogens with one attached hydrogen (secondary N) is 1. The van der Waals surface area contributed by atoms with Crippen molar-refractivity contribution in [2.75, 3.05) is 5.32 Å². The van der Waals surface area contributed by atoms with Gasteiger partial charge >= 0.3 is 0 Å². The fourth-order valence-corrected chi connectivity index (χ4v) is 2.21. The van der Waals surface area contributed by atoms with Crippen LogP contribution >= 0.6 is 34.8 Å². The number of rotatable bonds is 3. The second-order valence-corrected chi connectivity index (χ2v) is 5.33. The summed E-state index contributed by atoms with van der Waals surface area (Å²) in [5.74, 6) is 0. The van der Waals surface area contributed by atoms with Crippen LogP contribution in [0.25, 0.3) is 0 Å². The van der Waals surface area contributed by atoms with Crippen molar-refractivity contribution >= 4 is 40.5 Å². The molecular weight excluding hydrogens is 289 g/mol. The molecule has 0 radical (unpaired) electrons. The van der Waals surface area contributed by atoms with E-state index in [1.807, 2.05) is 31.2 Å². The van der Waals surface area contributed by atoms with Crippen molar-refractivity contribution < 1.29 is 0 Å². The van der Waals surface area contributed by atoms with Gasteiger partial charge < -0.3 is 5.32 Å². The van der Waals surface area contributed by atoms with Crippen LogP contribution in [0.3, 0.4) is 0 Å². The number of anilines is 1. The number of hydrogen-bond acceptors (Lipinski definition) is 1. The van der Waals surface area contributed by atoms with Gasteiger partial charge in [0.25, 0.3) is 0 Å². The van der Waals surface area contributed by atoms with E-state index in [0.29, 0.717) is 21.6 Å².